The largest absolute Gasteiger partial charge is 0.389 e. The van der Waals surface area contributed by atoms with Crippen molar-refractivity contribution < 1.29 is 14.5 Å². The van der Waals surface area contributed by atoms with Gasteiger partial charge in [-0.15, -0.1) is 0 Å². The first-order valence-corrected chi connectivity index (χ1v) is 9.93. The highest BCUT2D eigenvalue weighted by molar-refractivity contribution is 5.97. The van der Waals surface area contributed by atoms with Gasteiger partial charge in [0.15, 0.2) is 0 Å². The Morgan fingerprint density at radius 3 is 2.19 bits per heavy atom. The van der Waals surface area contributed by atoms with E-state index in [1.807, 2.05) is 0 Å². The van der Waals surface area contributed by atoms with Crippen LogP contribution < -0.4 is 5.32 Å². The number of amidine groups is 1. The Hall–Kier alpha value is -2.44. The number of nitro groups is 1. The molecule has 1 N–H and O–H groups in total. The van der Waals surface area contributed by atoms with Gasteiger partial charge in [-0.2, -0.15) is 0 Å². The van der Waals surface area contributed by atoms with Crippen molar-refractivity contribution in [2.24, 2.45) is 4.99 Å². The van der Waals surface area contributed by atoms with Gasteiger partial charge in [0.05, 0.1) is 16.5 Å². The first kappa shape index (κ1) is 19.3. The number of nitro benzene ring substituents is 1. The number of nitrogens with one attached hydrogen (secondary N) is 1. The smallest absolute Gasteiger partial charge is 0.345 e. The molecule has 27 heavy (non-hydrogen) atoms. The van der Waals surface area contributed by atoms with E-state index in [1.54, 1.807) is 0 Å². The van der Waals surface area contributed by atoms with E-state index in [4.69, 9.17) is 9.73 Å². The second kappa shape index (κ2) is 9.48. The lowest BCUT2D eigenvalue weighted by Gasteiger charge is -2.25. The molecule has 3 rings (SSSR count). The zero-order valence-corrected chi connectivity index (χ0v) is 15.6. The Morgan fingerprint density at radius 2 is 1.59 bits per heavy atom. The Kier molecular flexibility index (Phi) is 6.79. The van der Waals surface area contributed by atoms with Crippen LogP contribution in [0.5, 0.6) is 0 Å². The van der Waals surface area contributed by atoms with Gasteiger partial charge in [-0.3, -0.25) is 10.1 Å². The maximum atomic E-state index is 12.5. The zero-order valence-electron chi connectivity index (χ0n) is 15.6. The molecule has 2 aliphatic rings. The molecule has 0 unspecified atom stereocenters. The van der Waals surface area contributed by atoms with Gasteiger partial charge in [-0.05, 0) is 37.8 Å². The molecule has 0 bridgehead atoms. The Labute approximate surface area is 159 Å². The number of benzene rings is 1. The van der Waals surface area contributed by atoms with E-state index >= 15 is 0 Å². The quantitative estimate of drug-likeness (QED) is 0.278. The fourth-order valence-corrected chi connectivity index (χ4v) is 3.76. The standard InChI is InChI=1S/C20H27N3O4/c24-19(15-11-13-18(14-12-15)23(25)26)27-20(21-16-7-3-1-4-8-16)22-17-9-5-2-6-10-17/h11-14,16-17H,1-10H2,(H,21,22). The van der Waals surface area contributed by atoms with Crippen molar-refractivity contribution in [2.75, 3.05) is 0 Å². The highest BCUT2D eigenvalue weighted by Gasteiger charge is 2.21. The van der Waals surface area contributed by atoms with Crippen LogP contribution in [0.2, 0.25) is 0 Å². The third kappa shape index (κ3) is 5.77. The third-order valence-corrected chi connectivity index (χ3v) is 5.31. The van der Waals surface area contributed by atoms with E-state index in [9.17, 15) is 14.9 Å². The maximum absolute atomic E-state index is 12.5. The maximum Gasteiger partial charge on any atom is 0.345 e. The van der Waals surface area contributed by atoms with Gasteiger partial charge in [-0.1, -0.05) is 38.5 Å². The molecule has 2 aliphatic carbocycles. The summed E-state index contributed by atoms with van der Waals surface area (Å²) in [6.45, 7) is 0. The minimum Gasteiger partial charge on any atom is -0.389 e. The summed E-state index contributed by atoms with van der Waals surface area (Å²) in [6, 6.07) is 6.22. The molecule has 0 aliphatic heterocycles. The molecule has 2 fully saturated rings. The fourth-order valence-electron chi connectivity index (χ4n) is 3.76. The molecule has 0 atom stereocenters. The van der Waals surface area contributed by atoms with Crippen molar-refractivity contribution in [3.8, 4) is 0 Å². The summed E-state index contributed by atoms with van der Waals surface area (Å²) in [5.74, 6) is -0.539. The minimum atomic E-state index is -0.539. The Balaban J connectivity index is 1.69. The molecule has 2 saturated carbocycles. The lowest BCUT2D eigenvalue weighted by Crippen LogP contribution is -2.39. The Morgan fingerprint density at radius 1 is 1.00 bits per heavy atom. The van der Waals surface area contributed by atoms with Crippen LogP contribution in [0.15, 0.2) is 29.3 Å². The summed E-state index contributed by atoms with van der Waals surface area (Å²) in [6.07, 6.45) is 11.3. The number of nitrogens with zero attached hydrogens (tertiary/aromatic N) is 2. The highest BCUT2D eigenvalue weighted by Crippen LogP contribution is 2.22. The molecule has 146 valence electrons. The van der Waals surface area contributed by atoms with Crippen LogP contribution in [0.3, 0.4) is 0 Å². The summed E-state index contributed by atoms with van der Waals surface area (Å²) in [5, 5.41) is 14.1. The van der Waals surface area contributed by atoms with E-state index in [-0.39, 0.29) is 23.3 Å². The molecule has 7 nitrogen and oxygen atoms in total. The van der Waals surface area contributed by atoms with Crippen LogP contribution in [0.25, 0.3) is 0 Å². The fraction of sp³-hybridized carbons (Fsp3) is 0.600. The van der Waals surface area contributed by atoms with E-state index < -0.39 is 10.9 Å². The highest BCUT2D eigenvalue weighted by atomic mass is 16.6. The van der Waals surface area contributed by atoms with Gasteiger partial charge in [0.2, 0.25) is 0 Å². The topological polar surface area (TPSA) is 93.8 Å². The predicted molar refractivity (Wildman–Crippen MR) is 103 cm³/mol. The van der Waals surface area contributed by atoms with Crippen molar-refractivity contribution in [1.29, 1.82) is 0 Å². The van der Waals surface area contributed by atoms with Gasteiger partial charge < -0.3 is 10.1 Å². The van der Waals surface area contributed by atoms with Gasteiger partial charge in [-0.25, -0.2) is 9.79 Å². The second-order valence-corrected chi connectivity index (χ2v) is 7.40. The molecule has 0 aromatic heterocycles. The molecular weight excluding hydrogens is 346 g/mol. The van der Waals surface area contributed by atoms with Crippen LogP contribution >= 0.6 is 0 Å². The van der Waals surface area contributed by atoms with Crippen LogP contribution in [-0.2, 0) is 4.74 Å². The number of carbonyl (C=O) groups is 1. The average molecular weight is 373 g/mol. The number of hydrogen-bond donors (Lipinski definition) is 1. The molecule has 0 amide bonds. The summed E-state index contributed by atoms with van der Waals surface area (Å²) < 4.78 is 5.57. The number of carbonyl (C=O) groups excluding carboxylic acids is 1. The lowest BCUT2D eigenvalue weighted by atomic mass is 9.95. The minimum absolute atomic E-state index is 0.0528. The zero-order chi connectivity index (χ0) is 19.1. The van der Waals surface area contributed by atoms with Crippen molar-refractivity contribution in [3.63, 3.8) is 0 Å². The number of non-ortho nitro benzene ring substituents is 1. The van der Waals surface area contributed by atoms with Gasteiger partial charge in [0.1, 0.15) is 0 Å². The number of hydrogen-bond acceptors (Lipinski definition) is 5. The molecule has 0 heterocycles. The molecular formula is C20H27N3O4. The summed E-state index contributed by atoms with van der Waals surface area (Å²) >= 11 is 0. The molecule has 0 saturated heterocycles. The second-order valence-electron chi connectivity index (χ2n) is 7.40. The average Bonchev–Trinajstić information content (AvgIpc) is 2.69. The van der Waals surface area contributed by atoms with Gasteiger partial charge in [0.25, 0.3) is 11.7 Å². The molecule has 0 radical (unpaired) electrons. The third-order valence-electron chi connectivity index (χ3n) is 5.31. The van der Waals surface area contributed by atoms with Crippen molar-refractivity contribution in [1.82, 2.24) is 5.32 Å². The molecule has 0 spiro atoms. The summed E-state index contributed by atoms with van der Waals surface area (Å²) in [4.78, 5) is 27.5. The van der Waals surface area contributed by atoms with E-state index in [2.05, 4.69) is 5.32 Å². The summed E-state index contributed by atoms with van der Waals surface area (Å²) in [5.41, 5.74) is 0.227. The van der Waals surface area contributed by atoms with Crippen LogP contribution in [0.1, 0.15) is 74.6 Å². The molecule has 7 heteroatoms. The van der Waals surface area contributed by atoms with Crippen molar-refractivity contribution in [3.05, 3.63) is 39.9 Å². The monoisotopic (exact) mass is 373 g/mol. The van der Waals surface area contributed by atoms with Crippen molar-refractivity contribution in [2.45, 2.75) is 76.3 Å². The van der Waals surface area contributed by atoms with E-state index in [0.717, 1.165) is 38.5 Å². The summed E-state index contributed by atoms with van der Waals surface area (Å²) in [7, 11) is 0. The number of ether oxygens (including phenoxy) is 1. The Bertz CT molecular complexity index is 675. The SMILES string of the molecule is O=C(OC(=NC1CCCCC1)NC1CCCCC1)c1ccc([N+](=O)[O-])cc1. The number of esters is 1. The number of rotatable bonds is 4. The molecule has 1 aromatic carbocycles. The van der Waals surface area contributed by atoms with Crippen LogP contribution in [0.4, 0.5) is 5.69 Å². The first-order chi connectivity index (χ1) is 13.1. The van der Waals surface area contributed by atoms with Crippen molar-refractivity contribution >= 4 is 17.7 Å². The van der Waals surface area contributed by atoms with Gasteiger partial charge >= 0.3 is 5.97 Å². The van der Waals surface area contributed by atoms with E-state index in [0.29, 0.717) is 6.02 Å². The normalized spacial score (nSPS) is 19.5. The van der Waals surface area contributed by atoms with E-state index in [1.165, 1.54) is 49.9 Å². The van der Waals surface area contributed by atoms with Crippen LogP contribution in [-0.4, -0.2) is 29.0 Å². The van der Waals surface area contributed by atoms with Gasteiger partial charge in [0, 0.05) is 18.2 Å². The van der Waals surface area contributed by atoms with Crippen LogP contribution in [0, 0.1) is 10.1 Å². The molecule has 1 aromatic rings. The number of aliphatic imine (C=N–C) groups is 1. The lowest BCUT2D eigenvalue weighted by molar-refractivity contribution is -0.384. The first-order valence-electron chi connectivity index (χ1n) is 9.93. The predicted octanol–water partition coefficient (Wildman–Crippen LogP) is 4.36.